The van der Waals surface area contributed by atoms with E-state index in [2.05, 4.69) is 32.2 Å². The van der Waals surface area contributed by atoms with Gasteiger partial charge in [-0.2, -0.15) is 0 Å². The number of benzene rings is 4. The molecule has 4 aromatic carbocycles. The number of hydrogen-bond donors (Lipinski definition) is 1. The predicted octanol–water partition coefficient (Wildman–Crippen LogP) is 5.91. The Morgan fingerprint density at radius 2 is 1.59 bits per heavy atom. The van der Waals surface area contributed by atoms with E-state index in [1.807, 2.05) is 83.8 Å². The Bertz CT molecular complexity index is 1880. The molecule has 4 aromatic rings. The molecule has 3 heterocycles. The lowest BCUT2D eigenvalue weighted by molar-refractivity contribution is -0.146. The molecule has 10 heteroatoms. The molecule has 2 amide bonds. The molecule has 0 radical (unpaired) electrons. The number of ether oxygens (including phenoxy) is 4. The van der Waals surface area contributed by atoms with Crippen molar-refractivity contribution in [1.82, 2.24) is 0 Å². The van der Waals surface area contributed by atoms with Crippen molar-refractivity contribution in [3.8, 4) is 17.2 Å². The smallest absolute Gasteiger partial charge is 0.269 e. The maximum atomic E-state index is 15.0. The summed E-state index contributed by atoms with van der Waals surface area (Å²) in [4.78, 5) is 31.4. The molecular weight excluding hydrogens is 637 g/mol. The van der Waals surface area contributed by atoms with Crippen molar-refractivity contribution < 1.29 is 33.6 Å². The first kappa shape index (κ1) is 32.9. The van der Waals surface area contributed by atoms with Crippen LogP contribution in [0.15, 0.2) is 91.0 Å². The second kappa shape index (κ2) is 12.7. The molecule has 0 saturated carbocycles. The summed E-state index contributed by atoms with van der Waals surface area (Å²) in [5, 5.41) is 11.5. The van der Waals surface area contributed by atoms with Crippen molar-refractivity contribution >= 4 is 42.1 Å². The molecule has 3 aliphatic rings. The highest BCUT2D eigenvalue weighted by Gasteiger charge is 2.66. The molecule has 9 nitrogen and oxygen atoms in total. The number of carbonyl (C=O) groups is 2. The van der Waals surface area contributed by atoms with Crippen LogP contribution in [-0.4, -0.2) is 58.5 Å². The topological polar surface area (TPSA) is 97.8 Å². The van der Waals surface area contributed by atoms with Crippen molar-refractivity contribution in [2.24, 2.45) is 5.92 Å². The first-order chi connectivity index (χ1) is 23.6. The van der Waals surface area contributed by atoms with Crippen LogP contribution in [0.2, 0.25) is 18.6 Å². The largest absolute Gasteiger partial charge is 0.497 e. The van der Waals surface area contributed by atoms with E-state index in [0.717, 1.165) is 28.3 Å². The highest BCUT2D eigenvalue weighted by molar-refractivity contribution is 6.91. The molecule has 0 unspecified atom stereocenters. The van der Waals surface area contributed by atoms with Gasteiger partial charge in [-0.25, -0.2) is 0 Å². The van der Waals surface area contributed by atoms with E-state index in [9.17, 15) is 14.7 Å². The number of nitrogens with zero attached hydrogens (tertiary/aromatic N) is 2. The maximum absolute atomic E-state index is 15.0. The maximum Gasteiger partial charge on any atom is 0.269 e. The number of fused-ring (bicyclic) bond motifs is 3. The number of rotatable bonds is 9. The van der Waals surface area contributed by atoms with Gasteiger partial charge in [0.25, 0.3) is 11.8 Å². The van der Waals surface area contributed by atoms with Crippen molar-refractivity contribution in [2.45, 2.75) is 50.2 Å². The molecule has 3 aliphatic heterocycles. The second-order valence-electron chi connectivity index (χ2n) is 13.6. The zero-order valence-corrected chi connectivity index (χ0v) is 29.5. The normalized spacial score (nSPS) is 23.0. The molecule has 1 N–H and O–H groups in total. The average Bonchev–Trinajstić information content (AvgIpc) is 3.54. The van der Waals surface area contributed by atoms with E-state index < -0.39 is 13.7 Å². The van der Waals surface area contributed by atoms with E-state index >= 15 is 0 Å². The summed E-state index contributed by atoms with van der Waals surface area (Å²) in [6.45, 7) is 7.03. The number of amides is 2. The molecule has 4 atom stereocenters. The number of aliphatic hydroxyl groups excluding tert-OH is 1. The van der Waals surface area contributed by atoms with E-state index in [1.165, 1.54) is 5.19 Å². The first-order valence-corrected chi connectivity index (χ1v) is 19.8. The molecule has 1 fully saturated rings. The number of methoxy groups -OCH3 is 2. The number of para-hydroxylation sites is 2. The third-order valence-electron chi connectivity index (χ3n) is 10.7. The van der Waals surface area contributed by atoms with Crippen LogP contribution in [0.5, 0.6) is 17.2 Å². The van der Waals surface area contributed by atoms with E-state index in [0.29, 0.717) is 30.2 Å². The fourth-order valence-corrected chi connectivity index (χ4v) is 12.4. The fraction of sp³-hybridized carbons (Fsp3) is 0.333. The quantitative estimate of drug-likeness (QED) is 0.220. The van der Waals surface area contributed by atoms with E-state index in [-0.39, 0.29) is 42.6 Å². The van der Waals surface area contributed by atoms with Crippen LogP contribution in [0.25, 0.3) is 0 Å². The Morgan fingerprint density at radius 1 is 0.898 bits per heavy atom. The minimum atomic E-state index is -2.30. The molecule has 254 valence electrons. The molecule has 1 saturated heterocycles. The lowest BCUT2D eigenvalue weighted by Crippen LogP contribution is -2.51. The minimum absolute atomic E-state index is 0.0298. The van der Waals surface area contributed by atoms with E-state index in [1.54, 1.807) is 19.1 Å². The van der Waals surface area contributed by atoms with Crippen LogP contribution in [-0.2, 0) is 26.5 Å². The third kappa shape index (κ3) is 5.29. The van der Waals surface area contributed by atoms with Gasteiger partial charge in [0.1, 0.15) is 17.2 Å². The van der Waals surface area contributed by atoms with Crippen LogP contribution >= 0.6 is 0 Å². The highest BCUT2D eigenvalue weighted by atomic mass is 28.3. The Kier molecular flexibility index (Phi) is 8.50. The summed E-state index contributed by atoms with van der Waals surface area (Å²) in [5.74, 6) is 1.65. The second-order valence-corrected chi connectivity index (χ2v) is 18.3. The standard InChI is InChI=1S/C39H42N2O7Si/c1-25-37(49(4,5)30-17-14-28(45-2)15-18-30)35(20-21-42)48-39(25)31-22-29(46-3)16-19-32(31)40(38(39)44)23-26-10-12-27(13-11-26)41-33-8-6-7-9-34(33)47-24-36(41)43/h6-19,22,25,35,37,42H,20-21,23-24H2,1-5H3/t25-,35+,37-,39+/m1/s1. The molecule has 7 rings (SSSR count). The first-order valence-electron chi connectivity index (χ1n) is 16.7. The summed E-state index contributed by atoms with van der Waals surface area (Å²) >= 11 is 0. The van der Waals surface area contributed by atoms with Crippen LogP contribution in [0, 0.1) is 5.92 Å². The lowest BCUT2D eigenvalue weighted by Gasteiger charge is -2.37. The number of aliphatic hydroxyl groups is 1. The summed E-state index contributed by atoms with van der Waals surface area (Å²) in [6.07, 6.45) is 0.112. The number of carbonyl (C=O) groups excluding carboxylic acids is 2. The summed E-state index contributed by atoms with van der Waals surface area (Å²) in [5.41, 5.74) is 2.71. The monoisotopic (exact) mass is 678 g/mol. The Hall–Kier alpha value is -4.64. The van der Waals surface area contributed by atoms with Crippen LogP contribution in [0.1, 0.15) is 24.5 Å². The van der Waals surface area contributed by atoms with Crippen molar-refractivity contribution in [3.63, 3.8) is 0 Å². The van der Waals surface area contributed by atoms with Gasteiger partial charge in [-0.05, 0) is 72.1 Å². The van der Waals surface area contributed by atoms with Crippen LogP contribution < -0.4 is 29.2 Å². The zero-order valence-electron chi connectivity index (χ0n) is 28.5. The van der Waals surface area contributed by atoms with Crippen molar-refractivity contribution in [1.29, 1.82) is 0 Å². The number of anilines is 3. The Balaban J connectivity index is 1.24. The van der Waals surface area contributed by atoms with Gasteiger partial charge in [-0.1, -0.05) is 61.6 Å². The SMILES string of the molecule is COc1ccc([Si](C)(C)[C@H]2[C@H](CCO)O[C@@]3(C(=O)N(Cc4ccc(N5C(=O)COc6ccccc65)cc4)c4ccc(OC)cc43)[C@@H]2C)cc1. The third-order valence-corrected chi connectivity index (χ3v) is 15.1. The number of hydrogen-bond acceptors (Lipinski definition) is 7. The van der Waals surface area contributed by atoms with E-state index in [4.69, 9.17) is 18.9 Å². The zero-order chi connectivity index (χ0) is 34.5. The predicted molar refractivity (Wildman–Crippen MR) is 191 cm³/mol. The van der Waals surface area contributed by atoms with Gasteiger partial charge in [0.15, 0.2) is 12.2 Å². The summed E-state index contributed by atoms with van der Waals surface area (Å²) in [7, 11) is 0.987. The molecule has 0 bridgehead atoms. The van der Waals surface area contributed by atoms with Gasteiger partial charge in [0.2, 0.25) is 0 Å². The molecule has 0 aliphatic carbocycles. The lowest BCUT2D eigenvalue weighted by atomic mass is 9.82. The minimum Gasteiger partial charge on any atom is -0.497 e. The van der Waals surface area contributed by atoms with Crippen LogP contribution in [0.3, 0.4) is 0 Å². The molecule has 49 heavy (non-hydrogen) atoms. The van der Waals surface area contributed by atoms with Gasteiger partial charge in [-0.3, -0.25) is 14.5 Å². The molecule has 1 spiro atoms. The van der Waals surface area contributed by atoms with Crippen LogP contribution in [0.4, 0.5) is 17.1 Å². The molecule has 0 aromatic heterocycles. The summed E-state index contributed by atoms with van der Waals surface area (Å²) in [6, 6.07) is 29.2. The average molecular weight is 679 g/mol. The Labute approximate surface area is 288 Å². The van der Waals surface area contributed by atoms with Gasteiger partial charge >= 0.3 is 0 Å². The fourth-order valence-electron chi connectivity index (χ4n) is 8.29. The Morgan fingerprint density at radius 3 is 2.29 bits per heavy atom. The van der Waals surface area contributed by atoms with Gasteiger partial charge in [-0.15, -0.1) is 0 Å². The van der Waals surface area contributed by atoms with Crippen molar-refractivity contribution in [2.75, 3.05) is 37.2 Å². The van der Waals surface area contributed by atoms with Crippen molar-refractivity contribution in [3.05, 3.63) is 102 Å². The van der Waals surface area contributed by atoms with Gasteiger partial charge in [0, 0.05) is 23.8 Å². The highest BCUT2D eigenvalue weighted by Crippen LogP contribution is 2.60. The molecular formula is C39H42N2O7Si. The summed E-state index contributed by atoms with van der Waals surface area (Å²) < 4.78 is 23.7. The van der Waals surface area contributed by atoms with Gasteiger partial charge < -0.3 is 29.0 Å². The van der Waals surface area contributed by atoms with Gasteiger partial charge in [0.05, 0.1) is 46.3 Å².